The topological polar surface area (TPSA) is 109 Å². The normalized spacial score (nSPS) is 11.2. The molecule has 4 aromatic heterocycles. The second kappa shape index (κ2) is 22.8. The first-order chi connectivity index (χ1) is 39.0. The van der Waals surface area contributed by atoms with Gasteiger partial charge < -0.3 is 28.3 Å². The van der Waals surface area contributed by atoms with Gasteiger partial charge in [0.25, 0.3) is 0 Å². The number of aromatic nitrogens is 6. The fourth-order valence-electron chi connectivity index (χ4n) is 10.2. The quantitative estimate of drug-likeness (QED) is 0.142. The molecule has 0 saturated carbocycles. The lowest BCUT2D eigenvalue weighted by molar-refractivity contribution is 0.454. The molecule has 0 aliphatic heterocycles. The minimum atomic E-state index is 0.572. The molecule has 0 atom stereocenters. The van der Waals surface area contributed by atoms with Gasteiger partial charge in [-0.2, -0.15) is 17.5 Å². The molecule has 16 heteroatoms. The molecule has 1 N–H and O–H groups in total. The molecule has 0 amide bonds. The summed E-state index contributed by atoms with van der Waals surface area (Å²) in [4.78, 5) is 0. The van der Waals surface area contributed by atoms with E-state index in [-0.39, 0.29) is 0 Å². The first-order valence-corrected chi connectivity index (χ1v) is 29.2. The van der Waals surface area contributed by atoms with Crippen LogP contribution in [0, 0.1) is 27.7 Å². The average Bonchev–Trinajstić information content (AvgIpc) is 4.48. The first kappa shape index (κ1) is 53.0. The maximum Gasteiger partial charge on any atom is 0.569 e. The van der Waals surface area contributed by atoms with Gasteiger partial charge in [-0.1, -0.05) is 84.9 Å². The summed E-state index contributed by atoms with van der Waals surface area (Å²) in [6.45, 7) is 8.27. The van der Waals surface area contributed by atoms with Gasteiger partial charge >= 0.3 is 7.69 Å². The highest BCUT2D eigenvalue weighted by atomic mass is 79.9. The summed E-state index contributed by atoms with van der Waals surface area (Å²) in [7, 11) is 0.701. The lowest BCUT2D eigenvalue weighted by Crippen LogP contribution is -1.99. The van der Waals surface area contributed by atoms with Crippen molar-refractivity contribution in [3.63, 3.8) is 0 Å². The molecule has 0 aliphatic rings. The molecule has 0 unspecified atom stereocenters. The third-order valence-corrected chi connectivity index (χ3v) is 16.9. The Morgan fingerprint density at radius 2 is 0.775 bits per heavy atom. The van der Waals surface area contributed by atoms with Crippen LogP contribution in [0.3, 0.4) is 0 Å². The Kier molecular flexibility index (Phi) is 15.1. The van der Waals surface area contributed by atoms with E-state index in [4.69, 9.17) is 19.2 Å². The zero-order valence-electron chi connectivity index (χ0n) is 43.4. The summed E-state index contributed by atoms with van der Waals surface area (Å²) < 4.78 is 42.8. The van der Waals surface area contributed by atoms with E-state index in [1.807, 2.05) is 72.8 Å². The molecular weight excluding hydrogens is 1230 g/mol. The Labute approximate surface area is 495 Å². The van der Waals surface area contributed by atoms with Crippen LogP contribution in [0.2, 0.25) is 0 Å². The van der Waals surface area contributed by atoms with E-state index in [1.54, 1.807) is 0 Å². The largest absolute Gasteiger partial charge is 0.569 e. The van der Waals surface area contributed by atoms with Crippen molar-refractivity contribution < 1.29 is 19.2 Å². The van der Waals surface area contributed by atoms with Gasteiger partial charge in [-0.05, 0) is 212 Å². The smallest absolute Gasteiger partial charge is 0.537 e. The maximum absolute atomic E-state index is 9.08. The van der Waals surface area contributed by atoms with Gasteiger partial charge in [0, 0.05) is 51.9 Å². The number of rotatable bonds is 9. The fourth-order valence-corrected chi connectivity index (χ4v) is 12.9. The summed E-state index contributed by atoms with van der Waals surface area (Å²) in [6, 6.07) is 66.2. The molecule has 1 radical (unpaired) electrons. The Morgan fingerprint density at radius 3 is 1.23 bits per heavy atom. The van der Waals surface area contributed by atoms with E-state index in [9.17, 15) is 0 Å². The molecule has 0 bridgehead atoms. The van der Waals surface area contributed by atoms with Gasteiger partial charge in [-0.15, -0.1) is 0 Å². The van der Waals surface area contributed by atoms with E-state index >= 15 is 0 Å². The SMILES string of the molecule is Brc1ccc(Br)c2nsnc12.Cc1cccc(C)c1Oc1ccc2c(c1)c1cc(-c3ccc(Br)c4nsnc34)ccc1n2-c1ccccc1.Cc1cccc(C)c1Oc1ccc2c(c1)c1cc(O[B]O)ccc1n2-c1ccccc1. The summed E-state index contributed by atoms with van der Waals surface area (Å²) in [6.07, 6.45) is 0. The van der Waals surface area contributed by atoms with Crippen LogP contribution in [0.1, 0.15) is 22.3 Å². The van der Waals surface area contributed by atoms with E-state index < -0.39 is 0 Å². The molecule has 0 saturated heterocycles. The zero-order valence-corrected chi connectivity index (χ0v) is 49.7. The number of halogens is 3. The first-order valence-electron chi connectivity index (χ1n) is 25.4. The highest BCUT2D eigenvalue weighted by Gasteiger charge is 2.19. The minimum Gasteiger partial charge on any atom is -0.537 e. The molecular formula is C64H45BBr3N6O4S2. The standard InChI is InChI=1S/C32H22BrN3OS.C26H21BNO3.C6H2Br2N2S/c1-19-7-6-8-20(2)32(19)37-23-12-16-29-26(18-23)25-17-21(24-13-14-27(33)31-30(24)34-38-35-31)11-15-28(25)36(29)22-9-4-3-5-10-22;1-17-7-6-8-18(2)26(17)30-20-11-13-24-22(15-20)23-16-21(31-27-29)12-14-25(23)28(24)19-9-4-3-5-10-19;7-3-1-2-4(8)6-5(3)9-11-10-6/h3-18H,1-2H3;3-16,29H,1-2H3;1-2H. The lowest BCUT2D eigenvalue weighted by Gasteiger charge is -2.12. The van der Waals surface area contributed by atoms with Gasteiger partial charge in [-0.3, -0.25) is 0 Å². The number of fused-ring (bicyclic) bond motifs is 8. The van der Waals surface area contributed by atoms with Gasteiger partial charge in [0.2, 0.25) is 0 Å². The molecule has 10 nitrogen and oxygen atoms in total. The number of nitrogens with zero attached hydrogens (tertiary/aromatic N) is 6. The summed E-state index contributed by atoms with van der Waals surface area (Å²) in [5.74, 6) is 3.96. The second-order valence-electron chi connectivity index (χ2n) is 19.0. The summed E-state index contributed by atoms with van der Waals surface area (Å²) in [5.41, 5.74) is 16.9. The van der Waals surface area contributed by atoms with Crippen molar-refractivity contribution in [2.75, 3.05) is 0 Å². The number of hydrogen-bond acceptors (Lipinski definition) is 10. The van der Waals surface area contributed by atoms with E-state index in [0.717, 1.165) is 147 Å². The van der Waals surface area contributed by atoms with E-state index in [1.165, 1.54) is 23.5 Å². The molecule has 0 spiro atoms. The van der Waals surface area contributed by atoms with Crippen LogP contribution in [-0.2, 0) is 0 Å². The molecule has 80 heavy (non-hydrogen) atoms. The lowest BCUT2D eigenvalue weighted by atomic mass is 10.0. The Balaban J connectivity index is 0.000000136. The number of hydrogen-bond donors (Lipinski definition) is 1. The van der Waals surface area contributed by atoms with Crippen LogP contribution in [0.4, 0.5) is 0 Å². The van der Waals surface area contributed by atoms with Crippen molar-refractivity contribution in [2.45, 2.75) is 27.7 Å². The molecule has 10 aromatic carbocycles. The van der Waals surface area contributed by atoms with Crippen molar-refractivity contribution in [2.24, 2.45) is 0 Å². The Hall–Kier alpha value is -7.70. The molecule has 14 rings (SSSR count). The third kappa shape index (κ3) is 10.3. The predicted octanol–water partition coefficient (Wildman–Crippen LogP) is 18.9. The average molecular weight is 1280 g/mol. The molecule has 391 valence electrons. The summed E-state index contributed by atoms with van der Waals surface area (Å²) >= 11 is 12.9. The van der Waals surface area contributed by atoms with Crippen LogP contribution < -0.4 is 14.1 Å². The van der Waals surface area contributed by atoms with Crippen molar-refractivity contribution in [1.29, 1.82) is 0 Å². The summed E-state index contributed by atoms with van der Waals surface area (Å²) in [5, 5.41) is 13.4. The molecule has 4 heterocycles. The predicted molar refractivity (Wildman–Crippen MR) is 339 cm³/mol. The van der Waals surface area contributed by atoms with Crippen molar-refractivity contribution in [1.82, 2.24) is 26.6 Å². The van der Waals surface area contributed by atoms with Crippen molar-refractivity contribution in [3.05, 3.63) is 230 Å². The van der Waals surface area contributed by atoms with Crippen molar-refractivity contribution >= 4 is 145 Å². The molecule has 0 aliphatic carbocycles. The van der Waals surface area contributed by atoms with Crippen LogP contribution >= 0.6 is 71.2 Å². The van der Waals surface area contributed by atoms with Crippen LogP contribution in [-0.4, -0.2) is 39.3 Å². The maximum atomic E-state index is 9.08. The van der Waals surface area contributed by atoms with E-state index in [2.05, 4.69) is 223 Å². The second-order valence-corrected chi connectivity index (χ2v) is 22.6. The van der Waals surface area contributed by atoms with Gasteiger partial charge in [0.1, 0.15) is 50.8 Å². The number of aryl methyl sites for hydroxylation is 4. The number of benzene rings is 10. The van der Waals surface area contributed by atoms with Gasteiger partial charge in [0.15, 0.2) is 0 Å². The Bertz CT molecular complexity index is 4550. The van der Waals surface area contributed by atoms with Gasteiger partial charge in [0.05, 0.1) is 45.5 Å². The minimum absolute atomic E-state index is 0.572. The Morgan fingerprint density at radius 1 is 0.400 bits per heavy atom. The third-order valence-electron chi connectivity index (χ3n) is 13.9. The van der Waals surface area contributed by atoms with E-state index in [0.29, 0.717) is 13.4 Å². The van der Waals surface area contributed by atoms with Crippen LogP contribution in [0.5, 0.6) is 28.7 Å². The molecule has 0 fully saturated rings. The number of para-hydroxylation sites is 4. The monoisotopic (exact) mass is 1270 g/mol. The zero-order chi connectivity index (χ0) is 55.0. The van der Waals surface area contributed by atoms with Crippen molar-refractivity contribution in [3.8, 4) is 51.2 Å². The fraction of sp³-hybridized carbons (Fsp3) is 0.0625. The van der Waals surface area contributed by atoms with Gasteiger partial charge in [-0.25, -0.2) is 0 Å². The molecule has 14 aromatic rings. The van der Waals surface area contributed by atoms with Crippen LogP contribution in [0.15, 0.2) is 208 Å². The van der Waals surface area contributed by atoms with Crippen LogP contribution in [0.25, 0.3) is 88.2 Å². The number of ether oxygens (including phenoxy) is 2. The highest BCUT2D eigenvalue weighted by molar-refractivity contribution is 9.11. The highest BCUT2D eigenvalue weighted by Crippen LogP contribution is 2.42.